The number of carbonyl (C=O) groups is 1. The largest absolute Gasteiger partial charge is 0.448 e. The number of rotatable bonds is 6. The number of hydrogen-bond acceptors (Lipinski definition) is 5. The van der Waals surface area contributed by atoms with Crippen LogP contribution in [-0.4, -0.2) is 28.9 Å². The normalized spacial score (nSPS) is 26.2. The maximum absolute atomic E-state index is 13.3. The number of benzene rings is 1. The van der Waals surface area contributed by atoms with Gasteiger partial charge in [0.15, 0.2) is 11.5 Å². The molecule has 10 heteroatoms. The van der Waals surface area contributed by atoms with Gasteiger partial charge < -0.3 is 19.8 Å². The summed E-state index contributed by atoms with van der Waals surface area (Å²) >= 11 is 8.02. The van der Waals surface area contributed by atoms with Crippen LogP contribution >= 0.6 is 23.4 Å². The number of ether oxygens (including phenoxy) is 2. The number of fused-ring (bicyclic) bond motifs is 1. The van der Waals surface area contributed by atoms with Crippen molar-refractivity contribution < 1.29 is 23.0 Å². The van der Waals surface area contributed by atoms with Gasteiger partial charge in [-0.05, 0) is 69.8 Å². The second-order valence-corrected chi connectivity index (χ2v) is 12.3. The van der Waals surface area contributed by atoms with E-state index in [0.29, 0.717) is 34.1 Å². The number of aromatic amines is 1. The lowest BCUT2D eigenvalue weighted by Crippen LogP contribution is -2.46. The highest BCUT2D eigenvalue weighted by Gasteiger charge is 2.52. The molecule has 0 saturated heterocycles. The molecular weight excluding hydrogens is 534 g/mol. The minimum absolute atomic E-state index is 0.00851. The molecule has 0 spiro atoms. The van der Waals surface area contributed by atoms with Gasteiger partial charge >= 0.3 is 0 Å². The molecule has 0 radical (unpaired) electrons. The molecule has 1 aromatic carbocycles. The Morgan fingerprint density at radius 2 is 1.79 bits per heavy atom. The van der Waals surface area contributed by atoms with E-state index in [2.05, 4.69) is 10.3 Å². The van der Waals surface area contributed by atoms with Crippen LogP contribution in [0.25, 0.3) is 0 Å². The van der Waals surface area contributed by atoms with Crippen molar-refractivity contribution >= 4 is 29.3 Å². The molecule has 2 aliphatic carbocycles. The zero-order chi connectivity index (χ0) is 27.4. The molecule has 2 saturated carbocycles. The number of nitrogens with one attached hydrogen (secondary N) is 2. The Hall–Kier alpha value is -2.26. The number of halogens is 3. The first-order chi connectivity index (χ1) is 17.9. The maximum atomic E-state index is 13.3. The van der Waals surface area contributed by atoms with E-state index >= 15 is 0 Å². The molecule has 0 bridgehead atoms. The Labute approximate surface area is 230 Å². The number of aromatic nitrogens is 1. The molecule has 206 valence electrons. The van der Waals surface area contributed by atoms with Crippen LogP contribution in [0.1, 0.15) is 72.6 Å². The number of alkyl halides is 2. The third-order valence-corrected chi connectivity index (χ3v) is 9.55. The number of thioether (sulfide) groups is 1. The minimum Gasteiger partial charge on any atom is -0.448 e. The van der Waals surface area contributed by atoms with Gasteiger partial charge in [-0.2, -0.15) is 0 Å². The average Bonchev–Trinajstić information content (AvgIpc) is 3.23. The van der Waals surface area contributed by atoms with Gasteiger partial charge in [0.2, 0.25) is 5.92 Å². The highest BCUT2D eigenvalue weighted by atomic mass is 35.5. The van der Waals surface area contributed by atoms with Gasteiger partial charge in [0, 0.05) is 59.5 Å². The van der Waals surface area contributed by atoms with Gasteiger partial charge in [-0.15, -0.1) is 11.8 Å². The lowest BCUT2D eigenvalue weighted by Gasteiger charge is -2.44. The Morgan fingerprint density at radius 3 is 2.42 bits per heavy atom. The van der Waals surface area contributed by atoms with Crippen molar-refractivity contribution in [2.75, 3.05) is 6.26 Å². The average molecular weight is 567 g/mol. The number of H-pyrrole nitrogens is 1. The van der Waals surface area contributed by atoms with E-state index in [4.69, 9.17) is 21.1 Å². The highest BCUT2D eigenvalue weighted by Crippen LogP contribution is 2.54. The summed E-state index contributed by atoms with van der Waals surface area (Å²) in [6.45, 7) is 5.57. The van der Waals surface area contributed by atoms with Crippen molar-refractivity contribution in [3.63, 3.8) is 0 Å². The first kappa shape index (κ1) is 27.3. The molecule has 1 aliphatic heterocycles. The van der Waals surface area contributed by atoms with E-state index in [0.717, 1.165) is 36.3 Å². The van der Waals surface area contributed by atoms with Crippen molar-refractivity contribution in [3.8, 4) is 11.5 Å². The molecule has 38 heavy (non-hydrogen) atoms. The van der Waals surface area contributed by atoms with Gasteiger partial charge in [-0.25, -0.2) is 8.78 Å². The van der Waals surface area contributed by atoms with Crippen LogP contribution in [0.5, 0.6) is 11.5 Å². The van der Waals surface area contributed by atoms with Crippen molar-refractivity contribution in [1.82, 2.24) is 10.3 Å². The molecule has 1 aromatic heterocycles. The molecule has 1 atom stereocenters. The molecule has 2 fully saturated rings. The quantitative estimate of drug-likeness (QED) is 0.383. The SMILES string of the molecule is CSc1cc(C)[nH]c(=O)c1CNC(=O)c1cc(Cl)c2c(c1C)OC(C)(C1CCC(C3CC(F)(F)C3)CC1)O2. The second-order valence-electron chi connectivity index (χ2n) is 11.1. The summed E-state index contributed by atoms with van der Waals surface area (Å²) in [5.74, 6) is -2.41. The number of amides is 1. The number of aryl methyl sites for hydroxylation is 1. The Balaban J connectivity index is 1.28. The summed E-state index contributed by atoms with van der Waals surface area (Å²) in [5, 5.41) is 3.13. The zero-order valence-corrected chi connectivity index (χ0v) is 23.6. The van der Waals surface area contributed by atoms with Crippen LogP contribution in [0.3, 0.4) is 0 Å². The Bertz CT molecular complexity index is 1320. The molecule has 1 amide bonds. The molecular formula is C28H33ClF2N2O4S. The van der Waals surface area contributed by atoms with E-state index in [1.807, 2.05) is 26.2 Å². The van der Waals surface area contributed by atoms with E-state index in [-0.39, 0.29) is 47.7 Å². The second kappa shape index (κ2) is 10.0. The molecule has 2 heterocycles. The third kappa shape index (κ3) is 5.04. The van der Waals surface area contributed by atoms with Crippen LogP contribution in [-0.2, 0) is 6.54 Å². The fraction of sp³-hybridized carbons (Fsp3) is 0.571. The number of hydrogen-bond donors (Lipinski definition) is 2. The predicted molar refractivity (Wildman–Crippen MR) is 144 cm³/mol. The van der Waals surface area contributed by atoms with Gasteiger partial charge in [-0.3, -0.25) is 9.59 Å². The van der Waals surface area contributed by atoms with E-state index in [1.54, 1.807) is 13.0 Å². The molecule has 2 aromatic rings. The number of pyridine rings is 1. The van der Waals surface area contributed by atoms with E-state index in [1.165, 1.54) is 11.8 Å². The number of carbonyl (C=O) groups excluding carboxylic acids is 1. The van der Waals surface area contributed by atoms with Gasteiger partial charge in [0.1, 0.15) is 0 Å². The summed E-state index contributed by atoms with van der Waals surface area (Å²) in [5.41, 5.74) is 1.99. The molecule has 1 unspecified atom stereocenters. The molecule has 3 aliphatic rings. The van der Waals surface area contributed by atoms with Crippen LogP contribution in [0.2, 0.25) is 5.02 Å². The smallest absolute Gasteiger partial charge is 0.254 e. The van der Waals surface area contributed by atoms with Crippen molar-refractivity contribution in [2.24, 2.45) is 17.8 Å². The summed E-state index contributed by atoms with van der Waals surface area (Å²) < 4.78 is 39.3. The minimum atomic E-state index is -2.49. The van der Waals surface area contributed by atoms with Crippen LogP contribution in [0.4, 0.5) is 8.78 Å². The first-order valence-electron chi connectivity index (χ1n) is 13.0. The monoisotopic (exact) mass is 566 g/mol. The fourth-order valence-corrected chi connectivity index (χ4v) is 7.14. The zero-order valence-electron chi connectivity index (χ0n) is 22.0. The third-order valence-electron chi connectivity index (χ3n) is 8.47. The van der Waals surface area contributed by atoms with Crippen molar-refractivity contribution in [3.05, 3.63) is 49.9 Å². The summed E-state index contributed by atoms with van der Waals surface area (Å²) in [6.07, 6.45) is 5.30. The summed E-state index contributed by atoms with van der Waals surface area (Å²) in [6, 6.07) is 3.45. The van der Waals surface area contributed by atoms with Crippen LogP contribution < -0.4 is 20.3 Å². The highest BCUT2D eigenvalue weighted by molar-refractivity contribution is 7.98. The van der Waals surface area contributed by atoms with E-state index < -0.39 is 11.7 Å². The molecule has 5 rings (SSSR count). The first-order valence-corrected chi connectivity index (χ1v) is 14.6. The lowest BCUT2D eigenvalue weighted by atomic mass is 9.65. The van der Waals surface area contributed by atoms with Crippen molar-refractivity contribution in [2.45, 2.75) is 82.4 Å². The summed E-state index contributed by atoms with van der Waals surface area (Å²) in [7, 11) is 0. The summed E-state index contributed by atoms with van der Waals surface area (Å²) in [4.78, 5) is 29.2. The Morgan fingerprint density at radius 1 is 1.13 bits per heavy atom. The van der Waals surface area contributed by atoms with Gasteiger partial charge in [0.25, 0.3) is 17.3 Å². The molecule has 6 nitrogen and oxygen atoms in total. The van der Waals surface area contributed by atoms with Crippen molar-refractivity contribution in [1.29, 1.82) is 0 Å². The fourth-order valence-electron chi connectivity index (χ4n) is 6.20. The van der Waals surface area contributed by atoms with Gasteiger partial charge in [0.05, 0.1) is 5.02 Å². The predicted octanol–water partition coefficient (Wildman–Crippen LogP) is 6.64. The lowest BCUT2D eigenvalue weighted by molar-refractivity contribution is -0.147. The standard InChI is InChI=1S/C28H33ClF2N2O4S/c1-14-9-22(38-4)20(26(35)33-14)13-32-25(34)19-10-21(29)24-23(15(19)2)36-27(3,37-24)18-7-5-16(6-8-18)17-11-28(30,31)12-17/h9-10,16-18H,5-8,11-13H2,1-4H3,(H,32,34)(H,33,35). The topological polar surface area (TPSA) is 80.4 Å². The molecule has 2 N–H and O–H groups in total. The van der Waals surface area contributed by atoms with Crippen LogP contribution in [0.15, 0.2) is 21.8 Å². The maximum Gasteiger partial charge on any atom is 0.254 e. The van der Waals surface area contributed by atoms with Crippen LogP contribution in [0, 0.1) is 31.6 Å². The van der Waals surface area contributed by atoms with Gasteiger partial charge in [-0.1, -0.05) is 11.6 Å². The van der Waals surface area contributed by atoms with E-state index in [9.17, 15) is 18.4 Å². The Kier molecular flexibility index (Phi) is 7.22.